The first-order valence-electron chi connectivity index (χ1n) is 3.55. The zero-order valence-electron chi connectivity index (χ0n) is 5.88. The minimum absolute atomic E-state index is 0.0220. The van der Waals surface area contributed by atoms with Crippen LogP contribution in [0.5, 0.6) is 0 Å². The van der Waals surface area contributed by atoms with E-state index >= 15 is 0 Å². The lowest BCUT2D eigenvalue weighted by molar-refractivity contribution is -0.116. The van der Waals surface area contributed by atoms with Crippen LogP contribution in [0.25, 0.3) is 0 Å². The van der Waals surface area contributed by atoms with Crippen molar-refractivity contribution in [2.24, 2.45) is 5.73 Å². The molecular weight excluding hydrogens is 130 g/mol. The summed E-state index contributed by atoms with van der Waals surface area (Å²) in [6, 6.07) is 0. The van der Waals surface area contributed by atoms with E-state index in [9.17, 15) is 4.79 Å². The molecule has 1 heterocycles. The number of nitrogens with two attached hydrogens (primary N) is 1. The average molecular weight is 142 g/mol. The predicted molar refractivity (Wildman–Crippen MR) is 37.1 cm³/mol. The van der Waals surface area contributed by atoms with Crippen molar-refractivity contribution in [1.29, 1.82) is 0 Å². The van der Waals surface area contributed by atoms with E-state index in [1.165, 1.54) is 6.42 Å². The highest BCUT2D eigenvalue weighted by Crippen LogP contribution is 2.13. The van der Waals surface area contributed by atoms with E-state index in [1.807, 2.05) is 0 Å². The monoisotopic (exact) mass is 142 g/mol. The highest BCUT2D eigenvalue weighted by atomic mass is 16.5. The molecule has 0 bridgehead atoms. The lowest BCUT2D eigenvalue weighted by Crippen LogP contribution is -2.26. The summed E-state index contributed by atoms with van der Waals surface area (Å²) in [5, 5.41) is 0. The quantitative estimate of drug-likeness (QED) is 0.600. The summed E-state index contributed by atoms with van der Waals surface area (Å²) in [6.45, 7) is 0.758. The molecule has 1 unspecified atom stereocenters. The van der Waals surface area contributed by atoms with E-state index in [-0.39, 0.29) is 12.0 Å². The molecule has 3 heteroatoms. The topological polar surface area (TPSA) is 52.3 Å². The van der Waals surface area contributed by atoms with Crippen molar-refractivity contribution in [1.82, 2.24) is 0 Å². The number of ether oxygens (including phenoxy) is 1. The van der Waals surface area contributed by atoms with E-state index in [0.29, 0.717) is 0 Å². The first-order chi connectivity index (χ1) is 4.79. The van der Waals surface area contributed by atoms with Crippen molar-refractivity contribution in [2.75, 3.05) is 6.61 Å². The maximum Gasteiger partial charge on any atom is 0.224 e. The Bertz CT molecular complexity index is 119. The van der Waals surface area contributed by atoms with Crippen LogP contribution in [0.2, 0.25) is 0 Å². The van der Waals surface area contributed by atoms with Crippen LogP contribution in [0.1, 0.15) is 19.3 Å². The second-order valence-corrected chi connectivity index (χ2v) is 2.47. The van der Waals surface area contributed by atoms with Gasteiger partial charge in [0.05, 0.1) is 12.5 Å². The molecule has 1 saturated heterocycles. The molecule has 0 aromatic heterocycles. The number of amides is 1. The zero-order chi connectivity index (χ0) is 7.40. The van der Waals surface area contributed by atoms with Crippen LogP contribution in [0, 0.1) is 6.42 Å². The van der Waals surface area contributed by atoms with Gasteiger partial charge in [0.1, 0.15) is 0 Å². The fourth-order valence-corrected chi connectivity index (χ4v) is 1.08. The van der Waals surface area contributed by atoms with E-state index in [2.05, 4.69) is 0 Å². The van der Waals surface area contributed by atoms with Crippen molar-refractivity contribution >= 4 is 5.91 Å². The number of hydrogen-bond donors (Lipinski definition) is 1. The largest absolute Gasteiger partial charge is 0.377 e. The Balaban J connectivity index is 2.19. The Morgan fingerprint density at radius 3 is 2.90 bits per heavy atom. The zero-order valence-corrected chi connectivity index (χ0v) is 5.88. The first-order valence-corrected chi connectivity index (χ1v) is 3.55. The van der Waals surface area contributed by atoms with Crippen LogP contribution in [0.3, 0.4) is 0 Å². The van der Waals surface area contributed by atoms with Crippen molar-refractivity contribution in [3.63, 3.8) is 0 Å². The summed E-state index contributed by atoms with van der Waals surface area (Å²) in [7, 11) is 0. The van der Waals surface area contributed by atoms with Gasteiger partial charge in [0.2, 0.25) is 5.91 Å². The van der Waals surface area contributed by atoms with Gasteiger partial charge in [-0.25, -0.2) is 0 Å². The van der Waals surface area contributed by atoms with Crippen LogP contribution < -0.4 is 5.73 Å². The molecule has 10 heavy (non-hydrogen) atoms. The molecule has 0 aliphatic carbocycles. The molecule has 1 radical (unpaired) electrons. The maximum atomic E-state index is 10.4. The number of carbonyl (C=O) groups is 1. The highest BCUT2D eigenvalue weighted by Gasteiger charge is 2.15. The van der Waals surface area contributed by atoms with Crippen molar-refractivity contribution in [2.45, 2.75) is 25.4 Å². The van der Waals surface area contributed by atoms with Crippen LogP contribution in [-0.4, -0.2) is 18.6 Å². The van der Waals surface area contributed by atoms with Crippen LogP contribution in [-0.2, 0) is 9.53 Å². The standard InChI is InChI=1S/C7H12NO2/c8-7(9)5-6-3-1-2-4-10-6/h5-6H,1-4H2,(H2,8,9). The van der Waals surface area contributed by atoms with Gasteiger partial charge in [0.15, 0.2) is 0 Å². The second kappa shape index (κ2) is 3.56. The molecule has 57 valence electrons. The van der Waals surface area contributed by atoms with Gasteiger partial charge in [-0.15, -0.1) is 0 Å². The van der Waals surface area contributed by atoms with Crippen molar-refractivity contribution < 1.29 is 9.53 Å². The number of rotatable bonds is 2. The first kappa shape index (κ1) is 7.54. The second-order valence-electron chi connectivity index (χ2n) is 2.47. The average Bonchev–Trinajstić information content (AvgIpc) is 1.88. The van der Waals surface area contributed by atoms with Gasteiger partial charge in [0, 0.05) is 6.61 Å². The number of primary amides is 1. The molecule has 0 aromatic rings. The molecule has 1 aliphatic heterocycles. The molecule has 3 nitrogen and oxygen atoms in total. The van der Waals surface area contributed by atoms with Crippen LogP contribution in [0.4, 0.5) is 0 Å². The van der Waals surface area contributed by atoms with Gasteiger partial charge in [0.25, 0.3) is 0 Å². The van der Waals surface area contributed by atoms with E-state index in [0.717, 1.165) is 25.9 Å². The molecule has 1 amide bonds. The lowest BCUT2D eigenvalue weighted by Gasteiger charge is -2.20. The molecule has 1 rings (SSSR count). The Morgan fingerprint density at radius 2 is 2.40 bits per heavy atom. The third kappa shape index (κ3) is 2.35. The Labute approximate surface area is 60.5 Å². The fraction of sp³-hybridized carbons (Fsp3) is 0.714. The van der Waals surface area contributed by atoms with Crippen molar-refractivity contribution in [3.8, 4) is 0 Å². The third-order valence-electron chi connectivity index (χ3n) is 1.57. The van der Waals surface area contributed by atoms with Crippen molar-refractivity contribution in [3.05, 3.63) is 6.42 Å². The summed E-state index contributed by atoms with van der Waals surface area (Å²) >= 11 is 0. The minimum Gasteiger partial charge on any atom is -0.377 e. The predicted octanol–water partition coefficient (Wildman–Crippen LogP) is 0.245. The summed E-state index contributed by atoms with van der Waals surface area (Å²) in [4.78, 5) is 10.4. The molecular formula is C7H12NO2. The van der Waals surface area contributed by atoms with Gasteiger partial charge in [-0.1, -0.05) is 0 Å². The molecule has 2 N–H and O–H groups in total. The Hall–Kier alpha value is -0.570. The number of hydrogen-bond acceptors (Lipinski definition) is 2. The van der Waals surface area contributed by atoms with Gasteiger partial charge >= 0.3 is 0 Å². The summed E-state index contributed by atoms with van der Waals surface area (Å²) in [5.41, 5.74) is 4.95. The summed E-state index contributed by atoms with van der Waals surface area (Å²) in [5.74, 6) is -0.383. The number of carbonyl (C=O) groups excluding carboxylic acids is 1. The molecule has 1 fully saturated rings. The normalized spacial score (nSPS) is 26.2. The smallest absolute Gasteiger partial charge is 0.224 e. The van der Waals surface area contributed by atoms with E-state index < -0.39 is 0 Å². The molecule has 0 saturated carbocycles. The Kier molecular flexibility index (Phi) is 2.68. The highest BCUT2D eigenvalue weighted by molar-refractivity contribution is 5.83. The van der Waals surface area contributed by atoms with Gasteiger partial charge in [-0.2, -0.15) is 0 Å². The fourth-order valence-electron chi connectivity index (χ4n) is 1.08. The van der Waals surface area contributed by atoms with E-state index in [1.54, 1.807) is 0 Å². The van der Waals surface area contributed by atoms with Gasteiger partial charge < -0.3 is 10.5 Å². The van der Waals surface area contributed by atoms with Gasteiger partial charge in [-0.05, 0) is 19.3 Å². The summed E-state index contributed by atoms with van der Waals surface area (Å²) < 4.78 is 5.23. The third-order valence-corrected chi connectivity index (χ3v) is 1.57. The molecule has 1 aliphatic rings. The Morgan fingerprint density at radius 1 is 1.60 bits per heavy atom. The molecule has 0 spiro atoms. The van der Waals surface area contributed by atoms with E-state index in [4.69, 9.17) is 10.5 Å². The molecule has 1 atom stereocenters. The summed E-state index contributed by atoms with van der Waals surface area (Å²) in [6.07, 6.45) is 4.59. The minimum atomic E-state index is -0.383. The lowest BCUT2D eigenvalue weighted by atomic mass is 10.1. The SMILES string of the molecule is NC(=O)[CH]C1CCCCO1. The van der Waals surface area contributed by atoms with Crippen LogP contribution in [0.15, 0.2) is 0 Å². The van der Waals surface area contributed by atoms with Gasteiger partial charge in [-0.3, -0.25) is 4.79 Å². The maximum absolute atomic E-state index is 10.4. The molecule has 0 aromatic carbocycles. The van der Waals surface area contributed by atoms with Crippen LogP contribution >= 0.6 is 0 Å².